The number of nitrogens with two attached hydrogens (primary N) is 1. The minimum atomic E-state index is -4.05. The standard InChI is InChI=1S/C11H20F3N3.HI/c12-11(13,14)6-2-3-7-16-10(15)17-8-4-1-5-9-17;/h1-9H2,(H2,15,16);1H. The third-order valence-electron chi connectivity index (χ3n) is 2.82. The second kappa shape index (κ2) is 8.82. The first-order chi connectivity index (χ1) is 7.99. The van der Waals surface area contributed by atoms with E-state index in [2.05, 4.69) is 4.99 Å². The summed E-state index contributed by atoms with van der Waals surface area (Å²) in [5.41, 5.74) is 5.77. The number of unbranched alkanes of at least 4 members (excludes halogenated alkanes) is 1. The third kappa shape index (κ3) is 7.99. The van der Waals surface area contributed by atoms with E-state index < -0.39 is 12.6 Å². The lowest BCUT2D eigenvalue weighted by Crippen LogP contribution is -2.40. The molecule has 0 saturated carbocycles. The van der Waals surface area contributed by atoms with Gasteiger partial charge in [0.05, 0.1) is 0 Å². The minimum Gasteiger partial charge on any atom is -0.370 e. The highest BCUT2D eigenvalue weighted by Crippen LogP contribution is 2.22. The van der Waals surface area contributed by atoms with Crippen LogP contribution in [0, 0.1) is 0 Å². The van der Waals surface area contributed by atoms with Gasteiger partial charge in [0, 0.05) is 26.1 Å². The molecule has 3 nitrogen and oxygen atoms in total. The van der Waals surface area contributed by atoms with E-state index in [1.54, 1.807) is 0 Å². The highest BCUT2D eigenvalue weighted by Gasteiger charge is 2.25. The number of nitrogens with zero attached hydrogens (tertiary/aromatic N) is 2. The predicted octanol–water partition coefficient (Wildman–Crippen LogP) is 3.14. The van der Waals surface area contributed by atoms with Crippen LogP contribution >= 0.6 is 24.0 Å². The molecule has 108 valence electrons. The molecule has 0 spiro atoms. The van der Waals surface area contributed by atoms with Crippen LogP contribution in [0.4, 0.5) is 13.2 Å². The van der Waals surface area contributed by atoms with Gasteiger partial charge in [0.15, 0.2) is 5.96 Å². The molecule has 0 unspecified atom stereocenters. The summed E-state index contributed by atoms with van der Waals surface area (Å²) in [5.74, 6) is 0.483. The summed E-state index contributed by atoms with van der Waals surface area (Å²) in [6.07, 6.45) is -0.771. The molecule has 0 amide bonds. The van der Waals surface area contributed by atoms with Gasteiger partial charge in [0.1, 0.15) is 0 Å². The quantitative estimate of drug-likeness (QED) is 0.353. The summed E-state index contributed by atoms with van der Waals surface area (Å²) >= 11 is 0. The van der Waals surface area contributed by atoms with Crippen LogP contribution in [0.25, 0.3) is 0 Å². The molecular weight excluding hydrogens is 358 g/mol. The summed E-state index contributed by atoms with van der Waals surface area (Å²) in [5, 5.41) is 0. The third-order valence-corrected chi connectivity index (χ3v) is 2.82. The number of hydrogen-bond acceptors (Lipinski definition) is 1. The number of aliphatic imine (C=N–C) groups is 1. The van der Waals surface area contributed by atoms with E-state index >= 15 is 0 Å². The van der Waals surface area contributed by atoms with Crippen LogP contribution < -0.4 is 5.73 Å². The molecule has 1 rings (SSSR count). The van der Waals surface area contributed by atoms with E-state index in [0.29, 0.717) is 18.9 Å². The van der Waals surface area contributed by atoms with Crippen LogP contribution in [-0.2, 0) is 0 Å². The van der Waals surface area contributed by atoms with Crippen molar-refractivity contribution in [1.29, 1.82) is 0 Å². The van der Waals surface area contributed by atoms with Crippen molar-refractivity contribution in [3.63, 3.8) is 0 Å². The number of guanidine groups is 1. The van der Waals surface area contributed by atoms with Crippen LogP contribution in [0.3, 0.4) is 0 Å². The van der Waals surface area contributed by atoms with E-state index in [4.69, 9.17) is 5.73 Å². The van der Waals surface area contributed by atoms with E-state index in [0.717, 1.165) is 25.9 Å². The van der Waals surface area contributed by atoms with Crippen LogP contribution in [0.1, 0.15) is 38.5 Å². The molecule has 0 bridgehead atoms. The summed E-state index contributed by atoms with van der Waals surface area (Å²) in [7, 11) is 0. The molecule has 1 saturated heterocycles. The fourth-order valence-electron chi connectivity index (χ4n) is 1.85. The zero-order valence-electron chi connectivity index (χ0n) is 10.4. The lowest BCUT2D eigenvalue weighted by atomic mass is 10.1. The van der Waals surface area contributed by atoms with Crippen LogP contribution in [0.2, 0.25) is 0 Å². The van der Waals surface area contributed by atoms with Crippen LogP contribution in [-0.4, -0.2) is 36.7 Å². The van der Waals surface area contributed by atoms with Crippen molar-refractivity contribution < 1.29 is 13.2 Å². The van der Waals surface area contributed by atoms with Gasteiger partial charge in [-0.25, -0.2) is 0 Å². The Bertz CT molecular complexity index is 250. The van der Waals surface area contributed by atoms with Gasteiger partial charge < -0.3 is 10.6 Å². The first kappa shape index (κ1) is 17.8. The molecule has 1 heterocycles. The Morgan fingerprint density at radius 1 is 1.11 bits per heavy atom. The number of alkyl halides is 3. The number of halogens is 4. The maximum Gasteiger partial charge on any atom is 0.389 e. The van der Waals surface area contributed by atoms with Gasteiger partial charge in [-0.15, -0.1) is 24.0 Å². The number of piperidine rings is 1. The van der Waals surface area contributed by atoms with Gasteiger partial charge in [-0.3, -0.25) is 4.99 Å². The van der Waals surface area contributed by atoms with Crippen molar-refractivity contribution in [3.05, 3.63) is 0 Å². The van der Waals surface area contributed by atoms with Crippen molar-refractivity contribution in [2.75, 3.05) is 19.6 Å². The highest BCUT2D eigenvalue weighted by atomic mass is 127. The monoisotopic (exact) mass is 379 g/mol. The van der Waals surface area contributed by atoms with Crippen molar-refractivity contribution >= 4 is 29.9 Å². The maximum atomic E-state index is 11.9. The predicted molar refractivity (Wildman–Crippen MR) is 77.2 cm³/mol. The van der Waals surface area contributed by atoms with Gasteiger partial charge in [-0.2, -0.15) is 13.2 Å². The topological polar surface area (TPSA) is 41.6 Å². The molecule has 0 radical (unpaired) electrons. The highest BCUT2D eigenvalue weighted by molar-refractivity contribution is 14.0. The molecule has 0 aromatic rings. The molecule has 0 atom stereocenters. The zero-order valence-corrected chi connectivity index (χ0v) is 12.7. The van der Waals surface area contributed by atoms with E-state index in [-0.39, 0.29) is 30.4 Å². The number of hydrogen-bond donors (Lipinski definition) is 1. The van der Waals surface area contributed by atoms with Gasteiger partial charge in [-0.05, 0) is 32.1 Å². The Morgan fingerprint density at radius 2 is 1.72 bits per heavy atom. The Kier molecular flexibility index (Phi) is 8.71. The van der Waals surface area contributed by atoms with Gasteiger partial charge in [0.25, 0.3) is 0 Å². The summed E-state index contributed by atoms with van der Waals surface area (Å²) in [6, 6.07) is 0. The van der Waals surface area contributed by atoms with Gasteiger partial charge in [0.2, 0.25) is 0 Å². The molecule has 1 fully saturated rings. The molecule has 0 aromatic carbocycles. The normalized spacial score (nSPS) is 17.5. The molecule has 2 N–H and O–H groups in total. The lowest BCUT2D eigenvalue weighted by molar-refractivity contribution is -0.135. The summed E-state index contributed by atoms with van der Waals surface area (Å²) < 4.78 is 35.6. The van der Waals surface area contributed by atoms with Crippen LogP contribution in [0.15, 0.2) is 4.99 Å². The minimum absolute atomic E-state index is 0. The molecule has 1 aliphatic rings. The zero-order chi connectivity index (χ0) is 12.7. The average molecular weight is 379 g/mol. The number of rotatable bonds is 4. The molecule has 18 heavy (non-hydrogen) atoms. The first-order valence-corrected chi connectivity index (χ1v) is 6.11. The van der Waals surface area contributed by atoms with Crippen molar-refractivity contribution in [2.45, 2.75) is 44.7 Å². The van der Waals surface area contributed by atoms with Gasteiger partial charge >= 0.3 is 6.18 Å². The largest absolute Gasteiger partial charge is 0.389 e. The number of likely N-dealkylation sites (tertiary alicyclic amines) is 1. The maximum absolute atomic E-state index is 11.9. The Labute approximate surface area is 123 Å². The molecule has 1 aliphatic heterocycles. The van der Waals surface area contributed by atoms with E-state index in [1.165, 1.54) is 6.42 Å². The first-order valence-electron chi connectivity index (χ1n) is 6.11. The second-order valence-corrected chi connectivity index (χ2v) is 4.36. The molecule has 7 heteroatoms. The van der Waals surface area contributed by atoms with Gasteiger partial charge in [-0.1, -0.05) is 0 Å². The smallest absolute Gasteiger partial charge is 0.370 e. The van der Waals surface area contributed by atoms with Crippen molar-refractivity contribution in [2.24, 2.45) is 10.7 Å². The van der Waals surface area contributed by atoms with E-state index in [1.807, 2.05) is 4.90 Å². The summed E-state index contributed by atoms with van der Waals surface area (Å²) in [6.45, 7) is 2.22. The van der Waals surface area contributed by atoms with Crippen LogP contribution in [0.5, 0.6) is 0 Å². The molecule has 0 aliphatic carbocycles. The average Bonchev–Trinajstić information content (AvgIpc) is 2.28. The molecule has 0 aromatic heterocycles. The van der Waals surface area contributed by atoms with Crippen molar-refractivity contribution in [3.8, 4) is 0 Å². The Balaban J connectivity index is 0.00000289. The van der Waals surface area contributed by atoms with E-state index in [9.17, 15) is 13.2 Å². The van der Waals surface area contributed by atoms with Crippen molar-refractivity contribution in [1.82, 2.24) is 4.90 Å². The fourth-order valence-corrected chi connectivity index (χ4v) is 1.85. The Hall–Kier alpha value is -0.210. The molecular formula is C11H21F3IN3. The lowest BCUT2D eigenvalue weighted by Gasteiger charge is -2.27. The second-order valence-electron chi connectivity index (χ2n) is 4.36. The fraction of sp³-hybridized carbons (Fsp3) is 0.909. The Morgan fingerprint density at radius 3 is 2.28 bits per heavy atom. The summed E-state index contributed by atoms with van der Waals surface area (Å²) in [4.78, 5) is 6.13. The SMILES string of the molecule is I.NC(=NCCCCC(F)(F)F)N1CCCCC1.